The summed E-state index contributed by atoms with van der Waals surface area (Å²) in [5.41, 5.74) is 4.56. The van der Waals surface area contributed by atoms with E-state index < -0.39 is 5.92 Å². The lowest BCUT2D eigenvalue weighted by atomic mass is 9.91. The number of aryl methyl sites for hydroxylation is 1. The molecule has 4 aromatic carbocycles. The molecule has 0 aliphatic carbocycles. The maximum atomic E-state index is 9.85. The SMILES string of the molecule is Cc1cc(Cl)c(OCCOc2ccc(CC(C#N)c3ccc(-c4ccccc4Cl)cc3Cl)cc2)c(Cl)c1. The van der Waals surface area contributed by atoms with E-state index >= 15 is 0 Å². The van der Waals surface area contributed by atoms with Gasteiger partial charge in [-0.1, -0.05) is 88.9 Å². The Hall–Kier alpha value is -2.87. The molecule has 4 aromatic rings. The molecule has 37 heavy (non-hydrogen) atoms. The summed E-state index contributed by atoms with van der Waals surface area (Å²) in [7, 11) is 0. The highest BCUT2D eigenvalue weighted by Gasteiger charge is 2.17. The summed E-state index contributed by atoms with van der Waals surface area (Å²) in [5.74, 6) is 0.759. The van der Waals surface area contributed by atoms with E-state index in [1.165, 1.54) is 0 Å². The molecule has 1 unspecified atom stereocenters. The Bertz CT molecular complexity index is 1410. The van der Waals surface area contributed by atoms with Gasteiger partial charge < -0.3 is 9.47 Å². The third-order valence-corrected chi connectivity index (χ3v) is 7.04. The van der Waals surface area contributed by atoms with E-state index in [0.717, 1.165) is 27.8 Å². The van der Waals surface area contributed by atoms with Gasteiger partial charge in [0.2, 0.25) is 0 Å². The minimum atomic E-state index is -0.392. The molecule has 0 heterocycles. The van der Waals surface area contributed by atoms with E-state index in [-0.39, 0.29) is 0 Å². The highest BCUT2D eigenvalue weighted by Crippen LogP contribution is 2.35. The van der Waals surface area contributed by atoms with Crippen molar-refractivity contribution in [2.45, 2.75) is 19.3 Å². The summed E-state index contributed by atoms with van der Waals surface area (Å²) in [6.45, 7) is 2.54. The fourth-order valence-corrected chi connectivity index (χ4v) is 5.25. The Morgan fingerprint density at radius 2 is 1.43 bits per heavy atom. The van der Waals surface area contributed by atoms with E-state index in [2.05, 4.69) is 6.07 Å². The smallest absolute Gasteiger partial charge is 0.156 e. The predicted octanol–water partition coefficient (Wildman–Crippen LogP) is 9.58. The van der Waals surface area contributed by atoms with Gasteiger partial charge in [0.05, 0.1) is 22.0 Å². The first-order valence-electron chi connectivity index (χ1n) is 11.6. The van der Waals surface area contributed by atoms with Gasteiger partial charge in [0.25, 0.3) is 0 Å². The lowest BCUT2D eigenvalue weighted by Gasteiger charge is -2.14. The number of nitrogens with zero attached hydrogens (tertiary/aromatic N) is 1. The second-order valence-electron chi connectivity index (χ2n) is 8.50. The van der Waals surface area contributed by atoms with Crippen molar-refractivity contribution in [1.29, 1.82) is 5.26 Å². The van der Waals surface area contributed by atoms with Crippen LogP contribution in [0.1, 0.15) is 22.6 Å². The van der Waals surface area contributed by atoms with Gasteiger partial charge in [0, 0.05) is 15.6 Å². The minimum Gasteiger partial charge on any atom is -0.490 e. The molecule has 0 N–H and O–H groups in total. The third-order valence-electron chi connectivity index (χ3n) is 5.82. The van der Waals surface area contributed by atoms with Crippen molar-refractivity contribution >= 4 is 46.4 Å². The number of halogens is 4. The number of hydrogen-bond acceptors (Lipinski definition) is 3. The van der Waals surface area contributed by atoms with E-state index in [1.54, 1.807) is 12.1 Å². The van der Waals surface area contributed by atoms with Crippen molar-refractivity contribution in [3.8, 4) is 28.7 Å². The van der Waals surface area contributed by atoms with Crippen LogP contribution in [0.5, 0.6) is 11.5 Å². The van der Waals surface area contributed by atoms with Crippen LogP contribution in [0, 0.1) is 18.3 Å². The standard InChI is InChI=1S/C30H23Cl4NO2/c1-19-14-28(33)30(29(34)15-19)37-13-12-36-23-9-6-20(7-10-23)16-22(18-35)25-11-8-21(17-27(25)32)24-4-2-3-5-26(24)31/h2-11,14-15,17,22H,12-13,16H2,1H3. The van der Waals surface area contributed by atoms with E-state index in [0.29, 0.717) is 51.2 Å². The Kier molecular flexibility index (Phi) is 9.24. The quantitative estimate of drug-likeness (QED) is 0.188. The molecule has 0 aliphatic rings. The highest BCUT2D eigenvalue weighted by atomic mass is 35.5. The fraction of sp³-hybridized carbons (Fsp3) is 0.167. The lowest BCUT2D eigenvalue weighted by molar-refractivity contribution is 0.217. The van der Waals surface area contributed by atoms with Gasteiger partial charge in [0.1, 0.15) is 19.0 Å². The van der Waals surface area contributed by atoms with Crippen molar-refractivity contribution in [1.82, 2.24) is 0 Å². The third kappa shape index (κ3) is 6.92. The number of nitriles is 1. The highest BCUT2D eigenvalue weighted by molar-refractivity contribution is 6.37. The van der Waals surface area contributed by atoms with Crippen LogP contribution in [0.4, 0.5) is 0 Å². The maximum Gasteiger partial charge on any atom is 0.156 e. The zero-order valence-corrected chi connectivity index (χ0v) is 23.0. The topological polar surface area (TPSA) is 42.2 Å². The number of benzene rings is 4. The molecule has 0 aromatic heterocycles. The predicted molar refractivity (Wildman–Crippen MR) is 153 cm³/mol. The Balaban J connectivity index is 1.35. The van der Waals surface area contributed by atoms with Crippen LogP contribution in [-0.2, 0) is 6.42 Å². The average Bonchev–Trinajstić information content (AvgIpc) is 2.87. The largest absolute Gasteiger partial charge is 0.490 e. The fourth-order valence-electron chi connectivity index (χ4n) is 3.98. The second-order valence-corrected chi connectivity index (χ2v) is 10.1. The lowest BCUT2D eigenvalue weighted by Crippen LogP contribution is -2.09. The summed E-state index contributed by atoms with van der Waals surface area (Å²) in [6.07, 6.45) is 0.523. The van der Waals surface area contributed by atoms with E-state index in [4.69, 9.17) is 55.9 Å². The second kappa shape index (κ2) is 12.6. The first-order chi connectivity index (χ1) is 17.9. The molecule has 0 bridgehead atoms. The van der Waals surface area contributed by atoms with Crippen LogP contribution in [-0.4, -0.2) is 13.2 Å². The van der Waals surface area contributed by atoms with Gasteiger partial charge in [-0.2, -0.15) is 5.26 Å². The summed E-state index contributed by atoms with van der Waals surface area (Å²) in [5, 5.41) is 12.0. The van der Waals surface area contributed by atoms with Gasteiger partial charge >= 0.3 is 0 Å². The Morgan fingerprint density at radius 3 is 2.08 bits per heavy atom. The van der Waals surface area contributed by atoms with Crippen LogP contribution < -0.4 is 9.47 Å². The van der Waals surface area contributed by atoms with Crippen LogP contribution in [0.25, 0.3) is 11.1 Å². The first-order valence-corrected chi connectivity index (χ1v) is 13.1. The number of ether oxygens (including phenoxy) is 2. The molecule has 0 saturated carbocycles. The molecule has 0 amide bonds. The van der Waals surface area contributed by atoms with E-state index in [9.17, 15) is 5.26 Å². The Labute approximate surface area is 237 Å². The van der Waals surface area contributed by atoms with Gasteiger partial charge in [-0.05, 0) is 72.0 Å². The molecule has 188 valence electrons. The molecule has 0 radical (unpaired) electrons. The summed E-state index contributed by atoms with van der Waals surface area (Å²) < 4.78 is 11.5. The first kappa shape index (κ1) is 27.2. The summed E-state index contributed by atoms with van der Waals surface area (Å²) >= 11 is 25.3. The van der Waals surface area contributed by atoms with E-state index in [1.807, 2.05) is 73.7 Å². The van der Waals surface area contributed by atoms with Crippen LogP contribution >= 0.6 is 46.4 Å². The monoisotopic (exact) mass is 569 g/mol. The zero-order valence-electron chi connectivity index (χ0n) is 20.0. The van der Waals surface area contributed by atoms with Crippen molar-refractivity contribution in [2.24, 2.45) is 0 Å². The molecule has 3 nitrogen and oxygen atoms in total. The zero-order chi connectivity index (χ0) is 26.4. The number of rotatable bonds is 9. The van der Waals surface area contributed by atoms with Crippen molar-refractivity contribution in [2.75, 3.05) is 13.2 Å². The average molecular weight is 571 g/mol. The van der Waals surface area contributed by atoms with Crippen molar-refractivity contribution < 1.29 is 9.47 Å². The molecule has 7 heteroatoms. The van der Waals surface area contributed by atoms with Crippen LogP contribution in [0.15, 0.2) is 78.9 Å². The molecule has 0 fully saturated rings. The molecule has 4 rings (SSSR count). The molecule has 0 aliphatic heterocycles. The van der Waals surface area contributed by atoms with Crippen LogP contribution in [0.2, 0.25) is 20.1 Å². The summed E-state index contributed by atoms with van der Waals surface area (Å²) in [6, 6.07) is 26.9. The van der Waals surface area contributed by atoms with Gasteiger partial charge in [-0.15, -0.1) is 0 Å². The van der Waals surface area contributed by atoms with Gasteiger partial charge in [0.15, 0.2) is 5.75 Å². The molecule has 1 atom stereocenters. The minimum absolute atomic E-state index is 0.295. The van der Waals surface area contributed by atoms with Gasteiger partial charge in [-0.25, -0.2) is 0 Å². The van der Waals surface area contributed by atoms with Crippen molar-refractivity contribution in [3.05, 3.63) is 116 Å². The molecular weight excluding hydrogens is 548 g/mol. The maximum absolute atomic E-state index is 9.85. The Morgan fingerprint density at radius 1 is 0.757 bits per heavy atom. The van der Waals surface area contributed by atoms with Crippen molar-refractivity contribution in [3.63, 3.8) is 0 Å². The molecular formula is C30H23Cl4NO2. The molecule has 0 saturated heterocycles. The van der Waals surface area contributed by atoms with Gasteiger partial charge in [-0.3, -0.25) is 0 Å². The normalized spacial score (nSPS) is 11.6. The molecule has 0 spiro atoms. The van der Waals surface area contributed by atoms with Crippen LogP contribution in [0.3, 0.4) is 0 Å². The number of hydrogen-bond donors (Lipinski definition) is 0. The summed E-state index contributed by atoms with van der Waals surface area (Å²) in [4.78, 5) is 0.